The van der Waals surface area contributed by atoms with Gasteiger partial charge >= 0.3 is 0 Å². The standard InChI is InChI=1S/C17H19ClN2O2/c1-17(2,19-15-11-7-6-10-14(15)18)16(21)20-22-12-13-8-4-3-5-9-13/h3-11,19H,12H2,1-2H3,(H,20,21). The van der Waals surface area contributed by atoms with Crippen molar-refractivity contribution >= 4 is 23.2 Å². The summed E-state index contributed by atoms with van der Waals surface area (Å²) in [4.78, 5) is 17.5. The number of para-hydroxylation sites is 1. The molecule has 2 N–H and O–H groups in total. The number of amides is 1. The van der Waals surface area contributed by atoms with Crippen LogP contribution in [0.4, 0.5) is 5.69 Å². The van der Waals surface area contributed by atoms with Crippen molar-refractivity contribution < 1.29 is 9.63 Å². The smallest absolute Gasteiger partial charge is 0.268 e. The van der Waals surface area contributed by atoms with Gasteiger partial charge in [0.2, 0.25) is 0 Å². The number of benzene rings is 2. The molecular formula is C17H19ClN2O2. The highest BCUT2D eigenvalue weighted by Crippen LogP contribution is 2.24. The summed E-state index contributed by atoms with van der Waals surface area (Å²) in [6.45, 7) is 3.84. The van der Waals surface area contributed by atoms with Gasteiger partial charge in [0, 0.05) is 0 Å². The quantitative estimate of drug-likeness (QED) is 0.797. The van der Waals surface area contributed by atoms with Crippen LogP contribution in [0, 0.1) is 0 Å². The molecule has 1 amide bonds. The highest BCUT2D eigenvalue weighted by Gasteiger charge is 2.28. The summed E-state index contributed by atoms with van der Waals surface area (Å²) < 4.78 is 0. The Labute approximate surface area is 135 Å². The lowest BCUT2D eigenvalue weighted by Crippen LogP contribution is -2.47. The molecule has 0 saturated heterocycles. The Balaban J connectivity index is 1.89. The minimum atomic E-state index is -0.859. The predicted molar refractivity (Wildman–Crippen MR) is 88.5 cm³/mol. The van der Waals surface area contributed by atoms with Crippen molar-refractivity contribution in [3.05, 3.63) is 65.2 Å². The van der Waals surface area contributed by atoms with E-state index in [1.807, 2.05) is 48.5 Å². The molecule has 116 valence electrons. The fourth-order valence-electron chi connectivity index (χ4n) is 1.84. The Kier molecular flexibility index (Phi) is 5.41. The van der Waals surface area contributed by atoms with Crippen LogP contribution in [0.5, 0.6) is 0 Å². The number of hydrogen-bond donors (Lipinski definition) is 2. The summed E-state index contributed by atoms with van der Waals surface area (Å²) in [5.41, 5.74) is 3.29. The third-order valence-electron chi connectivity index (χ3n) is 3.14. The van der Waals surface area contributed by atoms with Crippen LogP contribution in [0.3, 0.4) is 0 Å². The highest BCUT2D eigenvalue weighted by molar-refractivity contribution is 6.33. The molecule has 0 radical (unpaired) electrons. The highest BCUT2D eigenvalue weighted by atomic mass is 35.5. The maximum atomic E-state index is 12.2. The summed E-state index contributed by atoms with van der Waals surface area (Å²) >= 11 is 6.09. The van der Waals surface area contributed by atoms with Crippen molar-refractivity contribution in [2.24, 2.45) is 0 Å². The normalized spacial score (nSPS) is 11.0. The summed E-state index contributed by atoms with van der Waals surface area (Å²) in [6, 6.07) is 16.9. The molecule has 0 bridgehead atoms. The summed E-state index contributed by atoms with van der Waals surface area (Å²) in [5, 5.41) is 3.67. The van der Waals surface area contributed by atoms with Gasteiger partial charge in [0.05, 0.1) is 17.3 Å². The van der Waals surface area contributed by atoms with Gasteiger partial charge in [0.1, 0.15) is 5.54 Å². The Morgan fingerprint density at radius 2 is 1.73 bits per heavy atom. The Bertz CT molecular complexity index is 630. The van der Waals surface area contributed by atoms with E-state index in [4.69, 9.17) is 16.4 Å². The molecule has 0 aliphatic heterocycles. The lowest BCUT2D eigenvalue weighted by molar-refractivity contribution is -0.138. The molecule has 0 unspecified atom stereocenters. The fraction of sp³-hybridized carbons (Fsp3) is 0.235. The van der Waals surface area contributed by atoms with Crippen LogP contribution in [-0.4, -0.2) is 11.4 Å². The van der Waals surface area contributed by atoms with Crippen molar-refractivity contribution in [3.63, 3.8) is 0 Å². The van der Waals surface area contributed by atoms with E-state index in [1.165, 1.54) is 0 Å². The molecule has 0 aromatic heterocycles. The van der Waals surface area contributed by atoms with Crippen molar-refractivity contribution in [3.8, 4) is 0 Å². The molecular weight excluding hydrogens is 300 g/mol. The van der Waals surface area contributed by atoms with Crippen LogP contribution in [0.25, 0.3) is 0 Å². The molecule has 0 atom stereocenters. The average Bonchev–Trinajstić information content (AvgIpc) is 2.50. The van der Waals surface area contributed by atoms with E-state index in [9.17, 15) is 4.79 Å². The van der Waals surface area contributed by atoms with E-state index < -0.39 is 5.54 Å². The van der Waals surface area contributed by atoms with Crippen LogP contribution >= 0.6 is 11.6 Å². The lowest BCUT2D eigenvalue weighted by Gasteiger charge is -2.26. The van der Waals surface area contributed by atoms with Gasteiger partial charge in [-0.25, -0.2) is 5.48 Å². The molecule has 0 aliphatic rings. The second kappa shape index (κ2) is 7.29. The van der Waals surface area contributed by atoms with Gasteiger partial charge in [-0.05, 0) is 31.5 Å². The zero-order valence-electron chi connectivity index (χ0n) is 12.6. The van der Waals surface area contributed by atoms with E-state index in [0.29, 0.717) is 17.3 Å². The maximum Gasteiger partial charge on any atom is 0.268 e. The second-order valence-electron chi connectivity index (χ2n) is 5.44. The minimum Gasteiger partial charge on any atom is -0.370 e. The molecule has 2 aromatic carbocycles. The number of nitrogens with one attached hydrogen (secondary N) is 2. The fourth-order valence-corrected chi connectivity index (χ4v) is 2.03. The van der Waals surface area contributed by atoms with E-state index in [0.717, 1.165) is 5.56 Å². The molecule has 0 heterocycles. The first kappa shape index (κ1) is 16.3. The second-order valence-corrected chi connectivity index (χ2v) is 5.84. The Morgan fingerprint density at radius 3 is 2.41 bits per heavy atom. The van der Waals surface area contributed by atoms with Gasteiger partial charge < -0.3 is 5.32 Å². The van der Waals surface area contributed by atoms with Crippen molar-refractivity contribution in [2.75, 3.05) is 5.32 Å². The molecule has 22 heavy (non-hydrogen) atoms. The van der Waals surface area contributed by atoms with Crippen LogP contribution in [0.1, 0.15) is 19.4 Å². The van der Waals surface area contributed by atoms with Gasteiger partial charge in [-0.1, -0.05) is 54.1 Å². The number of hydrogen-bond acceptors (Lipinski definition) is 3. The van der Waals surface area contributed by atoms with Crippen LogP contribution in [0.2, 0.25) is 5.02 Å². The average molecular weight is 319 g/mol. The third-order valence-corrected chi connectivity index (χ3v) is 3.46. The minimum absolute atomic E-state index is 0.275. The van der Waals surface area contributed by atoms with E-state index in [1.54, 1.807) is 19.9 Å². The van der Waals surface area contributed by atoms with Gasteiger partial charge in [-0.3, -0.25) is 9.63 Å². The number of rotatable bonds is 6. The predicted octanol–water partition coefficient (Wildman–Crippen LogP) is 3.78. The third kappa shape index (κ3) is 4.48. The van der Waals surface area contributed by atoms with Gasteiger partial charge in [0.15, 0.2) is 0 Å². The van der Waals surface area contributed by atoms with Gasteiger partial charge in [-0.15, -0.1) is 0 Å². The summed E-state index contributed by atoms with van der Waals surface area (Å²) in [6.07, 6.45) is 0. The molecule has 0 fully saturated rings. The van der Waals surface area contributed by atoms with Crippen LogP contribution in [-0.2, 0) is 16.2 Å². The molecule has 5 heteroatoms. The molecule has 4 nitrogen and oxygen atoms in total. The lowest BCUT2D eigenvalue weighted by atomic mass is 10.0. The molecule has 0 spiro atoms. The molecule has 2 aromatic rings. The number of hydroxylamine groups is 1. The van der Waals surface area contributed by atoms with Crippen molar-refractivity contribution in [2.45, 2.75) is 26.0 Å². The van der Waals surface area contributed by atoms with Crippen LogP contribution in [0.15, 0.2) is 54.6 Å². The first-order valence-corrected chi connectivity index (χ1v) is 7.36. The van der Waals surface area contributed by atoms with Crippen LogP contribution < -0.4 is 10.8 Å². The molecule has 0 saturated carbocycles. The van der Waals surface area contributed by atoms with Crippen molar-refractivity contribution in [1.82, 2.24) is 5.48 Å². The summed E-state index contributed by atoms with van der Waals surface area (Å²) in [5.74, 6) is -0.275. The van der Waals surface area contributed by atoms with Crippen molar-refractivity contribution in [1.29, 1.82) is 0 Å². The number of carbonyl (C=O) groups is 1. The number of carbonyl (C=O) groups excluding carboxylic acids is 1. The topological polar surface area (TPSA) is 50.4 Å². The van der Waals surface area contributed by atoms with Gasteiger partial charge in [-0.2, -0.15) is 0 Å². The number of halogens is 1. The van der Waals surface area contributed by atoms with E-state index in [-0.39, 0.29) is 5.91 Å². The zero-order valence-corrected chi connectivity index (χ0v) is 13.4. The largest absolute Gasteiger partial charge is 0.370 e. The Hall–Kier alpha value is -2.04. The molecule has 0 aliphatic carbocycles. The Morgan fingerprint density at radius 1 is 1.09 bits per heavy atom. The summed E-state index contributed by atoms with van der Waals surface area (Å²) in [7, 11) is 0. The monoisotopic (exact) mass is 318 g/mol. The zero-order chi connectivity index (χ0) is 16.0. The maximum absolute atomic E-state index is 12.2. The first-order chi connectivity index (χ1) is 10.5. The molecule has 2 rings (SSSR count). The van der Waals surface area contributed by atoms with E-state index in [2.05, 4.69) is 10.8 Å². The van der Waals surface area contributed by atoms with E-state index >= 15 is 0 Å². The van der Waals surface area contributed by atoms with Gasteiger partial charge in [0.25, 0.3) is 5.91 Å². The number of anilines is 1. The first-order valence-electron chi connectivity index (χ1n) is 6.98. The SMILES string of the molecule is CC(C)(Nc1ccccc1Cl)C(=O)NOCc1ccccc1.